The van der Waals surface area contributed by atoms with Gasteiger partial charge in [-0.3, -0.25) is 9.69 Å². The van der Waals surface area contributed by atoms with E-state index < -0.39 is 5.97 Å². The topological polar surface area (TPSA) is 53.0 Å². The minimum atomic E-state index is -0.722. The Hall–Kier alpha value is -1.59. The summed E-state index contributed by atoms with van der Waals surface area (Å²) in [6.45, 7) is 7.05. The van der Waals surface area contributed by atoms with Gasteiger partial charge in [0.15, 0.2) is 0 Å². The number of carboxylic acid groups (broad SMARTS) is 1. The van der Waals surface area contributed by atoms with Crippen molar-refractivity contribution in [3.05, 3.63) is 29.3 Å². The molecule has 132 valence electrons. The summed E-state index contributed by atoms with van der Waals surface area (Å²) in [7, 11) is 0. The van der Waals surface area contributed by atoms with Crippen LogP contribution in [0.5, 0.6) is 5.75 Å². The molecule has 0 aromatic heterocycles. The zero-order chi connectivity index (χ0) is 16.9. The van der Waals surface area contributed by atoms with Gasteiger partial charge in [-0.15, -0.1) is 0 Å². The number of rotatable bonds is 7. The molecule has 2 aliphatic rings. The molecule has 2 heterocycles. The van der Waals surface area contributed by atoms with Gasteiger partial charge in [0, 0.05) is 19.0 Å². The first-order chi connectivity index (χ1) is 11.7. The van der Waals surface area contributed by atoms with E-state index in [-0.39, 0.29) is 6.54 Å². The number of nitrogens with zero attached hydrogens (tertiary/aromatic N) is 2. The van der Waals surface area contributed by atoms with Crippen LogP contribution in [0.25, 0.3) is 0 Å². The van der Waals surface area contributed by atoms with Crippen molar-refractivity contribution in [3.8, 4) is 5.75 Å². The van der Waals surface area contributed by atoms with Gasteiger partial charge in [-0.25, -0.2) is 0 Å². The fourth-order valence-corrected chi connectivity index (χ4v) is 3.86. The van der Waals surface area contributed by atoms with Crippen LogP contribution in [0.1, 0.15) is 30.9 Å². The molecule has 0 atom stereocenters. The molecule has 5 nitrogen and oxygen atoms in total. The Bertz CT molecular complexity index is 568. The molecule has 1 N–H and O–H groups in total. The van der Waals surface area contributed by atoms with E-state index in [9.17, 15) is 4.79 Å². The third-order valence-electron chi connectivity index (χ3n) is 5.29. The predicted molar refractivity (Wildman–Crippen MR) is 93.7 cm³/mol. The van der Waals surface area contributed by atoms with Crippen molar-refractivity contribution >= 4 is 5.97 Å². The van der Waals surface area contributed by atoms with Crippen molar-refractivity contribution in [1.29, 1.82) is 0 Å². The molecule has 0 unspecified atom stereocenters. The van der Waals surface area contributed by atoms with E-state index in [0.717, 1.165) is 64.2 Å². The van der Waals surface area contributed by atoms with Gasteiger partial charge >= 0.3 is 5.97 Å². The molecule has 1 aromatic rings. The number of carboxylic acids is 1. The van der Waals surface area contributed by atoms with E-state index in [1.165, 1.54) is 11.1 Å². The van der Waals surface area contributed by atoms with Crippen molar-refractivity contribution in [2.24, 2.45) is 0 Å². The Labute approximate surface area is 144 Å². The number of ether oxygens (including phenoxy) is 1. The number of fused-ring (bicyclic) bond motifs is 1. The number of hydrogen-bond acceptors (Lipinski definition) is 4. The highest BCUT2D eigenvalue weighted by Crippen LogP contribution is 2.26. The highest BCUT2D eigenvalue weighted by Gasteiger charge is 2.24. The molecule has 2 aliphatic heterocycles. The molecular formula is C19H28N2O3. The summed E-state index contributed by atoms with van der Waals surface area (Å²) in [6, 6.07) is 7.00. The Morgan fingerprint density at radius 2 is 2.17 bits per heavy atom. The van der Waals surface area contributed by atoms with Crippen LogP contribution in [0.15, 0.2) is 18.2 Å². The molecule has 0 radical (unpaired) electrons. The van der Waals surface area contributed by atoms with Gasteiger partial charge in [0.05, 0.1) is 13.2 Å². The molecule has 0 saturated carbocycles. The Kier molecular flexibility index (Phi) is 5.74. The fourth-order valence-electron chi connectivity index (χ4n) is 3.86. The van der Waals surface area contributed by atoms with Crippen LogP contribution < -0.4 is 4.74 Å². The Balaban J connectivity index is 1.44. The zero-order valence-electron chi connectivity index (χ0n) is 14.5. The smallest absolute Gasteiger partial charge is 0.317 e. The first-order valence-corrected chi connectivity index (χ1v) is 9.08. The summed E-state index contributed by atoms with van der Waals surface area (Å²) in [6.07, 6.45) is 4.24. The van der Waals surface area contributed by atoms with E-state index in [4.69, 9.17) is 9.84 Å². The minimum Gasteiger partial charge on any atom is -0.493 e. The van der Waals surface area contributed by atoms with Crippen LogP contribution in [-0.4, -0.2) is 66.2 Å². The molecule has 1 fully saturated rings. The highest BCUT2D eigenvalue weighted by molar-refractivity contribution is 5.69. The van der Waals surface area contributed by atoms with Gasteiger partial charge in [-0.2, -0.15) is 0 Å². The third kappa shape index (κ3) is 4.28. The van der Waals surface area contributed by atoms with Gasteiger partial charge in [0.1, 0.15) is 5.75 Å². The third-order valence-corrected chi connectivity index (χ3v) is 5.29. The highest BCUT2D eigenvalue weighted by atomic mass is 16.5. The first-order valence-electron chi connectivity index (χ1n) is 9.08. The number of carbonyl (C=O) groups is 1. The van der Waals surface area contributed by atoms with Crippen LogP contribution >= 0.6 is 0 Å². The number of piperidine rings is 1. The molecule has 1 aromatic carbocycles. The molecule has 24 heavy (non-hydrogen) atoms. The standard InChI is InChI=1S/C19H28N2O3/c1-2-21(14-19(22)23)17-6-10-20(11-7-17)9-5-15-3-4-18-16(13-15)8-12-24-18/h3-4,13,17H,2,5-12,14H2,1H3,(H,22,23). The van der Waals surface area contributed by atoms with E-state index in [0.29, 0.717) is 6.04 Å². The maximum atomic E-state index is 11.0. The first kappa shape index (κ1) is 17.2. The minimum absolute atomic E-state index is 0.165. The summed E-state index contributed by atoms with van der Waals surface area (Å²) in [5.41, 5.74) is 2.74. The number of aliphatic carboxylic acids is 1. The molecule has 0 amide bonds. The van der Waals surface area contributed by atoms with Crippen molar-refractivity contribution in [1.82, 2.24) is 9.80 Å². The summed E-state index contributed by atoms with van der Waals surface area (Å²) in [5.74, 6) is 0.331. The quantitative estimate of drug-likeness (QED) is 0.828. The van der Waals surface area contributed by atoms with Gasteiger partial charge < -0.3 is 14.7 Å². The summed E-state index contributed by atoms with van der Waals surface area (Å²) in [4.78, 5) is 15.6. The molecular weight excluding hydrogens is 304 g/mol. The molecule has 5 heteroatoms. The molecule has 3 rings (SSSR count). The second-order valence-electron chi connectivity index (χ2n) is 6.82. The van der Waals surface area contributed by atoms with Crippen LogP contribution in [0, 0.1) is 0 Å². The lowest BCUT2D eigenvalue weighted by Gasteiger charge is -2.37. The maximum absolute atomic E-state index is 11.0. The molecule has 0 aliphatic carbocycles. The second kappa shape index (κ2) is 7.99. The van der Waals surface area contributed by atoms with Crippen LogP contribution in [-0.2, 0) is 17.6 Å². The van der Waals surface area contributed by atoms with Gasteiger partial charge in [0.25, 0.3) is 0 Å². The summed E-state index contributed by atoms with van der Waals surface area (Å²) in [5, 5.41) is 9.01. The van der Waals surface area contributed by atoms with Crippen molar-refractivity contribution < 1.29 is 14.6 Å². The van der Waals surface area contributed by atoms with E-state index in [2.05, 4.69) is 28.0 Å². The molecule has 0 spiro atoms. The average molecular weight is 332 g/mol. The molecule has 0 bridgehead atoms. The van der Waals surface area contributed by atoms with Crippen LogP contribution in [0.3, 0.4) is 0 Å². The van der Waals surface area contributed by atoms with E-state index >= 15 is 0 Å². The summed E-state index contributed by atoms with van der Waals surface area (Å²) < 4.78 is 5.56. The second-order valence-corrected chi connectivity index (χ2v) is 6.82. The zero-order valence-corrected chi connectivity index (χ0v) is 14.5. The largest absolute Gasteiger partial charge is 0.493 e. The van der Waals surface area contributed by atoms with Crippen LogP contribution in [0.4, 0.5) is 0 Å². The van der Waals surface area contributed by atoms with Gasteiger partial charge in [-0.05, 0) is 56.1 Å². The molecule has 1 saturated heterocycles. The van der Waals surface area contributed by atoms with E-state index in [1.807, 2.05) is 6.92 Å². The summed E-state index contributed by atoms with van der Waals surface area (Å²) >= 11 is 0. The maximum Gasteiger partial charge on any atom is 0.317 e. The predicted octanol–water partition coefficient (Wildman–Crippen LogP) is 2.03. The van der Waals surface area contributed by atoms with Crippen molar-refractivity contribution in [3.63, 3.8) is 0 Å². The number of hydrogen-bond donors (Lipinski definition) is 1. The number of likely N-dealkylation sites (tertiary alicyclic amines) is 1. The van der Waals surface area contributed by atoms with E-state index in [1.54, 1.807) is 0 Å². The SMILES string of the molecule is CCN(CC(=O)O)C1CCN(CCc2ccc3c(c2)CCO3)CC1. The van der Waals surface area contributed by atoms with Crippen molar-refractivity contribution in [2.75, 3.05) is 39.3 Å². The lowest BCUT2D eigenvalue weighted by molar-refractivity contribution is -0.139. The number of benzene rings is 1. The lowest BCUT2D eigenvalue weighted by atomic mass is 10.0. The van der Waals surface area contributed by atoms with Crippen LogP contribution in [0.2, 0.25) is 0 Å². The average Bonchev–Trinajstić information content (AvgIpc) is 3.06. The fraction of sp³-hybridized carbons (Fsp3) is 0.632. The van der Waals surface area contributed by atoms with Gasteiger partial charge in [0.2, 0.25) is 0 Å². The lowest BCUT2D eigenvalue weighted by Crippen LogP contribution is -2.46. The van der Waals surface area contributed by atoms with Crippen molar-refractivity contribution in [2.45, 2.75) is 38.6 Å². The monoisotopic (exact) mass is 332 g/mol. The number of likely N-dealkylation sites (N-methyl/N-ethyl adjacent to an activating group) is 1. The Morgan fingerprint density at radius 3 is 2.88 bits per heavy atom. The normalized spacial score (nSPS) is 18.6. The van der Waals surface area contributed by atoms with Gasteiger partial charge in [-0.1, -0.05) is 19.1 Å². The Morgan fingerprint density at radius 1 is 1.38 bits per heavy atom.